The predicted octanol–water partition coefficient (Wildman–Crippen LogP) is 0.821. The average Bonchev–Trinajstić information content (AvgIpc) is 2.75. The number of amides is 1. The molecule has 1 saturated heterocycles. The zero-order valence-electron chi connectivity index (χ0n) is 16.4. The van der Waals surface area contributed by atoms with E-state index >= 15 is 0 Å². The SMILES string of the molecule is CN(Cc1ccc2c(c1)OCCO2)C(=O)C[NH+]1CCN(c2ccccc2)CC1. The lowest BCUT2D eigenvalue weighted by Crippen LogP contribution is -3.15. The van der Waals surface area contributed by atoms with Gasteiger partial charge in [0, 0.05) is 19.3 Å². The highest BCUT2D eigenvalue weighted by Crippen LogP contribution is 2.31. The summed E-state index contributed by atoms with van der Waals surface area (Å²) in [5.41, 5.74) is 2.33. The van der Waals surface area contributed by atoms with E-state index in [2.05, 4.69) is 29.2 Å². The summed E-state index contributed by atoms with van der Waals surface area (Å²) in [6.07, 6.45) is 0. The Bertz CT molecular complexity index is 804. The summed E-state index contributed by atoms with van der Waals surface area (Å²) >= 11 is 0. The van der Waals surface area contributed by atoms with E-state index in [1.165, 1.54) is 10.6 Å². The van der Waals surface area contributed by atoms with Gasteiger partial charge in [0.25, 0.3) is 5.91 Å². The summed E-state index contributed by atoms with van der Waals surface area (Å²) < 4.78 is 11.2. The number of carbonyl (C=O) groups is 1. The molecular formula is C22H28N3O3+. The molecule has 1 N–H and O–H groups in total. The van der Waals surface area contributed by atoms with Crippen LogP contribution in [0, 0.1) is 0 Å². The van der Waals surface area contributed by atoms with Gasteiger partial charge < -0.3 is 24.2 Å². The molecule has 1 fully saturated rings. The lowest BCUT2D eigenvalue weighted by Gasteiger charge is -2.34. The number of benzene rings is 2. The monoisotopic (exact) mass is 382 g/mol. The number of anilines is 1. The molecule has 0 spiro atoms. The molecule has 0 aliphatic carbocycles. The Morgan fingerprint density at radius 1 is 1.04 bits per heavy atom. The van der Waals surface area contributed by atoms with Crippen LogP contribution in [0.1, 0.15) is 5.56 Å². The topological polar surface area (TPSA) is 46.5 Å². The fraction of sp³-hybridized carbons (Fsp3) is 0.409. The Morgan fingerprint density at radius 3 is 2.50 bits per heavy atom. The third-order valence-corrected chi connectivity index (χ3v) is 5.45. The van der Waals surface area contributed by atoms with Crippen LogP contribution in [0.25, 0.3) is 0 Å². The Balaban J connectivity index is 1.27. The first-order chi connectivity index (χ1) is 13.7. The number of carbonyl (C=O) groups excluding carboxylic acids is 1. The van der Waals surface area contributed by atoms with Crippen LogP contribution in [0.15, 0.2) is 48.5 Å². The lowest BCUT2D eigenvalue weighted by molar-refractivity contribution is -0.892. The predicted molar refractivity (Wildman–Crippen MR) is 108 cm³/mol. The van der Waals surface area contributed by atoms with Crippen LogP contribution in [-0.2, 0) is 11.3 Å². The Hall–Kier alpha value is -2.73. The first-order valence-electron chi connectivity index (χ1n) is 9.95. The standard InChI is InChI=1S/C22H27N3O3/c1-23(16-18-7-8-20-21(15-18)28-14-13-27-20)22(26)17-24-9-11-25(12-10-24)19-5-3-2-4-6-19/h2-8,15H,9-14,16-17H2,1H3/p+1. The maximum atomic E-state index is 12.7. The van der Waals surface area contributed by atoms with Gasteiger partial charge in [0.05, 0.1) is 26.2 Å². The first kappa shape index (κ1) is 18.6. The van der Waals surface area contributed by atoms with E-state index in [-0.39, 0.29) is 5.91 Å². The van der Waals surface area contributed by atoms with E-state index in [4.69, 9.17) is 9.47 Å². The van der Waals surface area contributed by atoms with Crippen LogP contribution >= 0.6 is 0 Å². The molecule has 0 saturated carbocycles. The fourth-order valence-electron chi connectivity index (χ4n) is 3.79. The van der Waals surface area contributed by atoms with E-state index in [9.17, 15) is 4.79 Å². The third kappa shape index (κ3) is 4.39. The van der Waals surface area contributed by atoms with Gasteiger partial charge in [-0.05, 0) is 29.8 Å². The van der Waals surface area contributed by atoms with Gasteiger partial charge in [0.15, 0.2) is 18.0 Å². The highest BCUT2D eigenvalue weighted by Gasteiger charge is 2.24. The van der Waals surface area contributed by atoms with Gasteiger partial charge in [-0.2, -0.15) is 0 Å². The second-order valence-corrected chi connectivity index (χ2v) is 7.48. The molecule has 2 aromatic rings. The van der Waals surface area contributed by atoms with Crippen LogP contribution in [0.3, 0.4) is 0 Å². The second kappa shape index (κ2) is 8.52. The van der Waals surface area contributed by atoms with Crippen LogP contribution in [0.5, 0.6) is 11.5 Å². The zero-order chi connectivity index (χ0) is 19.3. The molecule has 148 valence electrons. The quantitative estimate of drug-likeness (QED) is 0.832. The molecule has 0 aromatic heterocycles. The van der Waals surface area contributed by atoms with Gasteiger partial charge in [-0.1, -0.05) is 24.3 Å². The molecule has 6 heteroatoms. The molecule has 2 aliphatic rings. The normalized spacial score (nSPS) is 16.7. The Kier molecular flexibility index (Phi) is 5.67. The van der Waals surface area contributed by atoms with Crippen LogP contribution in [-0.4, -0.2) is 63.8 Å². The largest absolute Gasteiger partial charge is 0.486 e. The zero-order valence-corrected chi connectivity index (χ0v) is 16.4. The molecule has 2 aliphatic heterocycles. The third-order valence-electron chi connectivity index (χ3n) is 5.45. The van der Waals surface area contributed by atoms with Crippen LogP contribution in [0.4, 0.5) is 5.69 Å². The molecule has 0 unspecified atom stereocenters. The summed E-state index contributed by atoms with van der Waals surface area (Å²) in [6.45, 7) is 6.23. The second-order valence-electron chi connectivity index (χ2n) is 7.48. The van der Waals surface area contributed by atoms with Gasteiger partial charge in [-0.3, -0.25) is 4.79 Å². The van der Waals surface area contributed by atoms with Crippen molar-refractivity contribution in [3.05, 3.63) is 54.1 Å². The number of fused-ring (bicyclic) bond motifs is 1. The van der Waals surface area contributed by atoms with Gasteiger partial charge in [0.2, 0.25) is 0 Å². The average molecular weight is 382 g/mol. The van der Waals surface area contributed by atoms with E-state index in [0.717, 1.165) is 43.2 Å². The van der Waals surface area contributed by atoms with Gasteiger partial charge >= 0.3 is 0 Å². The van der Waals surface area contributed by atoms with E-state index in [1.807, 2.05) is 36.2 Å². The summed E-state index contributed by atoms with van der Waals surface area (Å²) in [6, 6.07) is 16.4. The maximum absolute atomic E-state index is 12.7. The highest BCUT2D eigenvalue weighted by atomic mass is 16.6. The maximum Gasteiger partial charge on any atom is 0.277 e. The number of ether oxygens (including phenoxy) is 2. The number of quaternary nitrogens is 1. The van der Waals surface area contributed by atoms with Gasteiger partial charge in [0.1, 0.15) is 13.2 Å². The number of nitrogens with zero attached hydrogens (tertiary/aromatic N) is 2. The molecule has 2 heterocycles. The highest BCUT2D eigenvalue weighted by molar-refractivity contribution is 5.76. The van der Waals surface area contributed by atoms with E-state index in [0.29, 0.717) is 26.3 Å². The number of piperazine rings is 1. The Labute approximate surface area is 166 Å². The molecule has 6 nitrogen and oxygen atoms in total. The molecule has 1 amide bonds. The summed E-state index contributed by atoms with van der Waals surface area (Å²) in [5, 5.41) is 0. The summed E-state index contributed by atoms with van der Waals surface area (Å²) in [5.74, 6) is 1.73. The molecule has 28 heavy (non-hydrogen) atoms. The lowest BCUT2D eigenvalue weighted by atomic mass is 10.2. The van der Waals surface area contributed by atoms with Crippen molar-refractivity contribution in [3.63, 3.8) is 0 Å². The van der Waals surface area contributed by atoms with Crippen molar-refractivity contribution in [1.29, 1.82) is 0 Å². The number of likely N-dealkylation sites (N-methyl/N-ethyl adjacent to an activating group) is 1. The van der Waals surface area contributed by atoms with Crippen LogP contribution < -0.4 is 19.3 Å². The molecule has 0 radical (unpaired) electrons. The van der Waals surface area contributed by atoms with Crippen molar-refractivity contribution in [2.24, 2.45) is 0 Å². The number of hydrogen-bond donors (Lipinski definition) is 1. The molecule has 2 aromatic carbocycles. The minimum atomic E-state index is 0.179. The van der Waals surface area contributed by atoms with Crippen molar-refractivity contribution < 1.29 is 19.2 Å². The van der Waals surface area contributed by atoms with E-state index in [1.54, 1.807) is 0 Å². The van der Waals surface area contributed by atoms with Gasteiger partial charge in [-0.25, -0.2) is 0 Å². The first-order valence-corrected chi connectivity index (χ1v) is 9.95. The molecule has 0 bridgehead atoms. The minimum Gasteiger partial charge on any atom is -0.486 e. The number of nitrogens with one attached hydrogen (secondary N) is 1. The summed E-state index contributed by atoms with van der Waals surface area (Å²) in [4.78, 5) is 18.2. The van der Waals surface area contributed by atoms with Crippen LogP contribution in [0.2, 0.25) is 0 Å². The molecule has 0 atom stereocenters. The number of hydrogen-bond acceptors (Lipinski definition) is 4. The van der Waals surface area contributed by atoms with Crippen molar-refractivity contribution >= 4 is 11.6 Å². The fourth-order valence-corrected chi connectivity index (χ4v) is 3.79. The Morgan fingerprint density at radius 2 is 1.75 bits per heavy atom. The molecule has 4 rings (SSSR count). The number of para-hydroxylation sites is 1. The minimum absolute atomic E-state index is 0.179. The van der Waals surface area contributed by atoms with Crippen molar-refractivity contribution in [1.82, 2.24) is 4.90 Å². The van der Waals surface area contributed by atoms with Crippen molar-refractivity contribution in [2.45, 2.75) is 6.54 Å². The summed E-state index contributed by atoms with van der Waals surface area (Å²) in [7, 11) is 1.87. The molecular weight excluding hydrogens is 354 g/mol. The smallest absolute Gasteiger partial charge is 0.277 e. The van der Waals surface area contributed by atoms with Crippen molar-refractivity contribution in [2.75, 3.05) is 57.9 Å². The number of rotatable bonds is 5. The van der Waals surface area contributed by atoms with E-state index < -0.39 is 0 Å². The van der Waals surface area contributed by atoms with Gasteiger partial charge in [-0.15, -0.1) is 0 Å². The van der Waals surface area contributed by atoms with Crippen molar-refractivity contribution in [3.8, 4) is 11.5 Å².